The molecule has 3 rings (SSSR count). The number of halogens is 3. The summed E-state index contributed by atoms with van der Waals surface area (Å²) < 4.78 is 28.4. The van der Waals surface area contributed by atoms with Gasteiger partial charge in [-0.2, -0.15) is 0 Å². The summed E-state index contributed by atoms with van der Waals surface area (Å²) >= 11 is 3.38. The number of hydrogen-bond acceptors (Lipinski definition) is 3. The van der Waals surface area contributed by atoms with Gasteiger partial charge in [-0.3, -0.25) is 9.63 Å². The Morgan fingerprint density at radius 2 is 1.90 bits per heavy atom. The molecule has 1 amide bonds. The van der Waals surface area contributed by atoms with Gasteiger partial charge in [0.05, 0.1) is 11.3 Å². The highest BCUT2D eigenvalue weighted by molar-refractivity contribution is 9.10. The Kier molecular flexibility index (Phi) is 7.17. The molecule has 2 N–H and O–H groups in total. The molecule has 7 heteroatoms. The molecule has 0 radical (unpaired) electrons. The third-order valence-electron chi connectivity index (χ3n) is 4.07. The first-order valence-electron chi connectivity index (χ1n) is 8.92. The number of amides is 1. The lowest BCUT2D eigenvalue weighted by atomic mass is 10.1. The van der Waals surface area contributed by atoms with Crippen molar-refractivity contribution in [3.8, 4) is 11.8 Å². The van der Waals surface area contributed by atoms with E-state index in [9.17, 15) is 13.6 Å². The Balaban J connectivity index is 1.67. The Bertz CT molecular complexity index is 1140. The Labute approximate surface area is 181 Å². The van der Waals surface area contributed by atoms with Gasteiger partial charge in [0.2, 0.25) is 0 Å². The van der Waals surface area contributed by atoms with Crippen molar-refractivity contribution in [3.05, 3.63) is 93.5 Å². The van der Waals surface area contributed by atoms with Crippen molar-refractivity contribution in [2.24, 2.45) is 0 Å². The van der Waals surface area contributed by atoms with E-state index in [0.29, 0.717) is 11.3 Å². The minimum Gasteiger partial charge on any atom is -0.352 e. The van der Waals surface area contributed by atoms with E-state index in [1.807, 2.05) is 19.1 Å². The van der Waals surface area contributed by atoms with Gasteiger partial charge in [0.25, 0.3) is 5.91 Å². The molecule has 0 aliphatic carbocycles. The average molecular weight is 471 g/mol. The minimum absolute atomic E-state index is 0.0369. The van der Waals surface area contributed by atoms with E-state index in [2.05, 4.69) is 38.6 Å². The van der Waals surface area contributed by atoms with Crippen LogP contribution in [0.1, 0.15) is 21.5 Å². The fourth-order valence-corrected chi connectivity index (χ4v) is 3.12. The standard InChI is InChI=1S/C23H17BrF2N2O2/c1-15-13-17(24)10-11-21(15)27-22-19(8-3-9-20(22)26)23(29)28-30-12-4-6-16-5-2-7-18(25)14-16/h2-3,5,7-11,13-14,27H,12H2,1H3,(H,28,29). The molecule has 30 heavy (non-hydrogen) atoms. The first kappa shape index (κ1) is 21.5. The van der Waals surface area contributed by atoms with Gasteiger partial charge >= 0.3 is 0 Å². The molecule has 0 saturated heterocycles. The van der Waals surface area contributed by atoms with Crippen LogP contribution in [-0.4, -0.2) is 12.5 Å². The Morgan fingerprint density at radius 3 is 2.67 bits per heavy atom. The van der Waals surface area contributed by atoms with Gasteiger partial charge in [0, 0.05) is 15.7 Å². The van der Waals surface area contributed by atoms with E-state index in [4.69, 9.17) is 4.84 Å². The summed E-state index contributed by atoms with van der Waals surface area (Å²) in [6, 6.07) is 15.5. The van der Waals surface area contributed by atoms with E-state index >= 15 is 0 Å². The van der Waals surface area contributed by atoms with Gasteiger partial charge in [-0.15, -0.1) is 0 Å². The SMILES string of the molecule is Cc1cc(Br)ccc1Nc1c(F)cccc1C(=O)NOCC#Cc1cccc(F)c1. The van der Waals surface area contributed by atoms with E-state index in [0.717, 1.165) is 10.0 Å². The molecule has 3 aromatic carbocycles. The summed E-state index contributed by atoms with van der Waals surface area (Å²) in [5.74, 6) is 3.80. The molecule has 0 saturated carbocycles. The number of rotatable bonds is 5. The first-order chi connectivity index (χ1) is 14.4. The molecule has 0 aliphatic rings. The number of nitrogens with one attached hydrogen (secondary N) is 2. The van der Waals surface area contributed by atoms with Crippen molar-refractivity contribution < 1.29 is 18.4 Å². The van der Waals surface area contributed by atoms with Crippen molar-refractivity contribution in [1.82, 2.24) is 5.48 Å². The van der Waals surface area contributed by atoms with Crippen LogP contribution in [0, 0.1) is 30.4 Å². The van der Waals surface area contributed by atoms with Crippen LogP contribution < -0.4 is 10.8 Å². The number of carbonyl (C=O) groups excluding carboxylic acids is 1. The largest absolute Gasteiger partial charge is 0.352 e. The minimum atomic E-state index is -0.626. The van der Waals surface area contributed by atoms with Gasteiger partial charge in [-0.1, -0.05) is 39.9 Å². The molecule has 0 aliphatic heterocycles. The maximum Gasteiger partial charge on any atom is 0.277 e. The lowest BCUT2D eigenvalue weighted by molar-refractivity contribution is 0.0438. The van der Waals surface area contributed by atoms with Crippen molar-refractivity contribution >= 4 is 33.2 Å². The zero-order valence-corrected chi connectivity index (χ0v) is 17.5. The van der Waals surface area contributed by atoms with Crippen LogP contribution in [0.15, 0.2) is 65.1 Å². The molecule has 0 heterocycles. The number of para-hydroxylation sites is 1. The van der Waals surface area contributed by atoms with Crippen LogP contribution in [0.4, 0.5) is 20.2 Å². The van der Waals surface area contributed by atoms with Crippen LogP contribution in [0.25, 0.3) is 0 Å². The highest BCUT2D eigenvalue weighted by atomic mass is 79.9. The lowest BCUT2D eigenvalue weighted by Crippen LogP contribution is -2.25. The van der Waals surface area contributed by atoms with E-state index in [1.165, 1.54) is 30.3 Å². The normalized spacial score (nSPS) is 10.1. The average Bonchev–Trinajstić information content (AvgIpc) is 2.71. The molecular weight excluding hydrogens is 454 g/mol. The quantitative estimate of drug-likeness (QED) is 0.294. The lowest BCUT2D eigenvalue weighted by Gasteiger charge is -2.14. The zero-order chi connectivity index (χ0) is 21.5. The van der Waals surface area contributed by atoms with E-state index in [-0.39, 0.29) is 23.7 Å². The second-order valence-corrected chi connectivity index (χ2v) is 7.19. The fraction of sp³-hybridized carbons (Fsp3) is 0.0870. The van der Waals surface area contributed by atoms with Crippen LogP contribution in [0.3, 0.4) is 0 Å². The van der Waals surface area contributed by atoms with Crippen molar-refractivity contribution in [2.45, 2.75) is 6.92 Å². The number of benzene rings is 3. The predicted octanol–water partition coefficient (Wildman–Crippen LogP) is 5.49. The summed E-state index contributed by atoms with van der Waals surface area (Å²) in [5.41, 5.74) is 4.40. The van der Waals surface area contributed by atoms with Crippen LogP contribution in [-0.2, 0) is 4.84 Å². The van der Waals surface area contributed by atoms with Gasteiger partial charge in [-0.25, -0.2) is 14.3 Å². The maximum absolute atomic E-state index is 14.4. The number of aryl methyl sites for hydroxylation is 1. The predicted molar refractivity (Wildman–Crippen MR) is 115 cm³/mol. The number of carbonyl (C=O) groups is 1. The van der Waals surface area contributed by atoms with Crippen LogP contribution >= 0.6 is 15.9 Å². The van der Waals surface area contributed by atoms with E-state index < -0.39 is 11.7 Å². The van der Waals surface area contributed by atoms with Gasteiger partial charge in [0.15, 0.2) is 0 Å². The molecule has 152 valence electrons. The van der Waals surface area contributed by atoms with Crippen LogP contribution in [0.5, 0.6) is 0 Å². The fourth-order valence-electron chi connectivity index (χ4n) is 2.64. The Hall–Kier alpha value is -3.21. The van der Waals surface area contributed by atoms with Crippen molar-refractivity contribution in [3.63, 3.8) is 0 Å². The molecule has 4 nitrogen and oxygen atoms in total. The summed E-state index contributed by atoms with van der Waals surface area (Å²) in [6.07, 6.45) is 0. The van der Waals surface area contributed by atoms with Crippen molar-refractivity contribution in [1.29, 1.82) is 0 Å². The van der Waals surface area contributed by atoms with Crippen LogP contribution in [0.2, 0.25) is 0 Å². The van der Waals surface area contributed by atoms with E-state index in [1.54, 1.807) is 18.2 Å². The molecular formula is C23H17BrF2N2O2. The molecule has 0 atom stereocenters. The second-order valence-electron chi connectivity index (χ2n) is 6.28. The smallest absolute Gasteiger partial charge is 0.277 e. The zero-order valence-electron chi connectivity index (χ0n) is 15.9. The van der Waals surface area contributed by atoms with Gasteiger partial charge < -0.3 is 5.32 Å². The molecule has 0 spiro atoms. The molecule has 0 aromatic heterocycles. The summed E-state index contributed by atoms with van der Waals surface area (Å²) in [4.78, 5) is 17.5. The van der Waals surface area contributed by atoms with Gasteiger partial charge in [-0.05, 0) is 61.0 Å². The first-order valence-corrected chi connectivity index (χ1v) is 9.71. The number of hydroxylamine groups is 1. The highest BCUT2D eigenvalue weighted by Gasteiger charge is 2.16. The monoisotopic (exact) mass is 470 g/mol. The molecule has 0 fully saturated rings. The van der Waals surface area contributed by atoms with Crippen molar-refractivity contribution in [2.75, 3.05) is 11.9 Å². The number of hydrogen-bond donors (Lipinski definition) is 2. The second kappa shape index (κ2) is 10.0. The maximum atomic E-state index is 14.4. The molecule has 3 aromatic rings. The third kappa shape index (κ3) is 5.66. The summed E-state index contributed by atoms with van der Waals surface area (Å²) in [5, 5.41) is 2.97. The number of anilines is 2. The Morgan fingerprint density at radius 1 is 1.10 bits per heavy atom. The third-order valence-corrected chi connectivity index (χ3v) is 4.57. The summed E-state index contributed by atoms with van der Waals surface area (Å²) in [6.45, 7) is 1.75. The molecule has 0 unspecified atom stereocenters. The van der Waals surface area contributed by atoms with Gasteiger partial charge in [0.1, 0.15) is 18.2 Å². The highest BCUT2D eigenvalue weighted by Crippen LogP contribution is 2.28. The molecule has 0 bridgehead atoms. The topological polar surface area (TPSA) is 50.4 Å². The summed E-state index contributed by atoms with van der Waals surface area (Å²) in [7, 11) is 0.